The Morgan fingerprint density at radius 1 is 0.0345 bits per heavy atom. The molecule has 0 aromatic rings. The molecule has 0 aliphatic heterocycles. The molecule has 0 atom stereocenters. The van der Waals surface area contributed by atoms with E-state index in [-0.39, 0.29) is 0 Å². The molecule has 0 heteroatoms. The minimum absolute atomic E-state index is 1.50. The average molecular weight is 814 g/mol. The average Bonchev–Trinajstić information content (AvgIpc) is 3.18. The molecular weight excluding hydrogens is 697 g/mol. The van der Waals surface area contributed by atoms with Crippen LogP contribution in [0.2, 0.25) is 0 Å². The van der Waals surface area contributed by atoms with Crippen LogP contribution in [0.3, 0.4) is 0 Å². The molecule has 6 rings (SSSR count). The second kappa shape index (κ2) is 53.1. The van der Waals surface area contributed by atoms with E-state index in [9.17, 15) is 0 Å². The van der Waals surface area contributed by atoms with Gasteiger partial charge in [0.05, 0.1) is 0 Å². The largest absolute Gasteiger partial charge is 0.0533 e. The quantitative estimate of drug-likeness (QED) is 0.229. The number of hydrogen-bond acceptors (Lipinski definition) is 0. The lowest BCUT2D eigenvalue weighted by molar-refractivity contribution is 0.504. The molecule has 0 aromatic heterocycles. The summed E-state index contributed by atoms with van der Waals surface area (Å²) in [5.41, 5.74) is 0. The van der Waals surface area contributed by atoms with Gasteiger partial charge in [0.2, 0.25) is 0 Å². The summed E-state index contributed by atoms with van der Waals surface area (Å²) in [4.78, 5) is 0. The topological polar surface area (TPSA) is 0 Å². The van der Waals surface area contributed by atoms with Gasteiger partial charge in [0.15, 0.2) is 0 Å². The van der Waals surface area contributed by atoms with Gasteiger partial charge in [-0.2, -0.15) is 0 Å². The van der Waals surface area contributed by atoms with Crippen molar-refractivity contribution < 1.29 is 0 Å². The summed E-state index contributed by atoms with van der Waals surface area (Å²) in [7, 11) is 0. The van der Waals surface area contributed by atoms with Crippen molar-refractivity contribution in [2.24, 2.45) is 0 Å². The van der Waals surface area contributed by atoms with Gasteiger partial charge >= 0.3 is 0 Å². The zero-order chi connectivity index (χ0) is 41.0. The normalized spacial score (nSPS) is 24.0. The van der Waals surface area contributed by atoms with E-state index >= 15 is 0 Å². The van der Waals surface area contributed by atoms with Crippen LogP contribution in [0.25, 0.3) is 0 Å². The molecular formula is C58H116. The molecule has 6 fully saturated rings. The van der Waals surface area contributed by atoms with Gasteiger partial charge in [-0.05, 0) is 0 Å². The van der Waals surface area contributed by atoms with Crippen molar-refractivity contribution >= 4 is 0 Å². The first-order valence-electron chi connectivity index (χ1n) is 29.0. The third-order valence-corrected chi connectivity index (χ3v) is 14.5. The highest BCUT2D eigenvalue weighted by Crippen LogP contribution is 2.20. The fourth-order valence-electron chi connectivity index (χ4n) is 9.34. The second-order valence-corrected chi connectivity index (χ2v) is 20.5. The van der Waals surface area contributed by atoms with Crippen molar-refractivity contribution in [1.29, 1.82) is 0 Å². The third kappa shape index (κ3) is 50.4. The van der Waals surface area contributed by atoms with Crippen LogP contribution in [-0.2, 0) is 0 Å². The molecule has 0 nitrogen and oxygen atoms in total. The summed E-state index contributed by atoms with van der Waals surface area (Å²) in [5, 5.41) is 0. The van der Waals surface area contributed by atoms with Crippen LogP contribution in [-0.4, -0.2) is 0 Å². The van der Waals surface area contributed by atoms with Gasteiger partial charge in [0.1, 0.15) is 0 Å². The number of hydrogen-bond donors (Lipinski definition) is 0. The highest BCUT2D eigenvalue weighted by atomic mass is 14.1. The smallest absolute Gasteiger partial charge is 0.0533 e. The third-order valence-electron chi connectivity index (χ3n) is 14.5. The molecule has 0 aromatic carbocycles. The van der Waals surface area contributed by atoms with Gasteiger partial charge in [-0.3, -0.25) is 0 Å². The van der Waals surface area contributed by atoms with Crippen molar-refractivity contribution in [2.45, 2.75) is 372 Å². The van der Waals surface area contributed by atoms with E-state index < -0.39 is 0 Å². The van der Waals surface area contributed by atoms with Crippen LogP contribution in [0.5, 0.6) is 0 Å². The lowest BCUT2D eigenvalue weighted by Crippen LogP contribution is -1.85. The van der Waals surface area contributed by atoms with Gasteiger partial charge in [0.25, 0.3) is 0 Å². The molecule has 6 aliphatic carbocycles. The Bertz CT molecular complexity index is 465. The van der Waals surface area contributed by atoms with E-state index in [4.69, 9.17) is 0 Å². The maximum absolute atomic E-state index is 1.50. The Balaban J connectivity index is 0.000000392. The molecule has 0 radical (unpaired) electrons. The van der Waals surface area contributed by atoms with Gasteiger partial charge in [-0.25, -0.2) is 0 Å². The van der Waals surface area contributed by atoms with Crippen LogP contribution >= 0.6 is 0 Å². The molecule has 0 saturated heterocycles. The summed E-state index contributed by atoms with van der Waals surface area (Å²) in [6.45, 7) is 0. The molecule has 0 bridgehead atoms. The van der Waals surface area contributed by atoms with Crippen LogP contribution < -0.4 is 0 Å². The summed E-state index contributed by atoms with van der Waals surface area (Å²) in [5.74, 6) is 0. The lowest BCUT2D eigenvalue weighted by atomic mass is 10.0. The predicted octanol–water partition coefficient (Wildman–Crippen LogP) is 22.6. The summed E-state index contributed by atoms with van der Waals surface area (Å²) in [6.07, 6.45) is 87.0. The van der Waals surface area contributed by atoms with Crippen molar-refractivity contribution in [1.82, 2.24) is 0 Å². The van der Waals surface area contributed by atoms with Crippen molar-refractivity contribution in [3.8, 4) is 0 Å². The van der Waals surface area contributed by atoms with E-state index in [0.717, 1.165) is 0 Å². The first-order chi connectivity index (χ1) is 29.0. The Morgan fingerprint density at radius 3 is 0.0690 bits per heavy atom. The highest BCUT2D eigenvalue weighted by Gasteiger charge is 2.00. The Hall–Kier alpha value is 0. The Morgan fingerprint density at radius 2 is 0.0517 bits per heavy atom. The molecule has 0 amide bonds. The van der Waals surface area contributed by atoms with Crippen molar-refractivity contribution in [3.05, 3.63) is 0 Å². The van der Waals surface area contributed by atoms with Gasteiger partial charge < -0.3 is 0 Å². The van der Waals surface area contributed by atoms with E-state index in [1.54, 1.807) is 0 Å². The van der Waals surface area contributed by atoms with E-state index in [1.165, 1.54) is 372 Å². The zero-order valence-corrected chi connectivity index (χ0v) is 41.0. The molecule has 6 saturated carbocycles. The van der Waals surface area contributed by atoms with Crippen LogP contribution in [0.15, 0.2) is 0 Å². The fraction of sp³-hybridized carbons (Fsp3) is 1.00. The summed E-state index contributed by atoms with van der Waals surface area (Å²) >= 11 is 0. The predicted molar refractivity (Wildman–Crippen MR) is 268 cm³/mol. The van der Waals surface area contributed by atoms with Crippen LogP contribution in [0.1, 0.15) is 372 Å². The molecule has 0 unspecified atom stereocenters. The van der Waals surface area contributed by atoms with Crippen molar-refractivity contribution in [2.75, 3.05) is 0 Å². The van der Waals surface area contributed by atoms with Gasteiger partial charge in [-0.15, -0.1) is 0 Å². The maximum atomic E-state index is 1.50. The highest BCUT2D eigenvalue weighted by molar-refractivity contribution is 4.56. The Labute approximate surface area is 371 Å². The summed E-state index contributed by atoms with van der Waals surface area (Å²) in [6, 6.07) is 0. The number of rotatable bonds is 0. The van der Waals surface area contributed by atoms with E-state index in [2.05, 4.69) is 0 Å². The SMILES string of the molecule is C1CCC1.C1CCC1.C1CCCCC1.C1CCCCCCC1.C1CCCCCCCCCCCCC1.C1CCCCCCCCCCCCCCCCCCCCC1. The minimum Gasteiger partial charge on any atom is -0.0533 e. The molecule has 0 N–H and O–H groups in total. The standard InChI is InChI=1S/C22H44.C14H28.C8H16.C6H12.2C4H8/c1-2-4-6-8-10-12-14-16-18-20-22-21-19-17-15-13-11-9-7-5-3-1;1-2-4-6-8-10-12-14-13-11-9-7-5-3-1;1-2-4-6-8-7-5-3-1;1-2-4-6-5-3-1;2*1-2-4-3-1/h1-22H2;1-14H2;1-8H2;1-6H2;2*1-4H2. The first kappa shape index (κ1) is 56.0. The molecule has 6 aliphatic rings. The molecule has 58 heavy (non-hydrogen) atoms. The second-order valence-electron chi connectivity index (χ2n) is 20.5. The van der Waals surface area contributed by atoms with Crippen molar-refractivity contribution in [3.63, 3.8) is 0 Å². The Kier molecular flexibility index (Phi) is 51.3. The van der Waals surface area contributed by atoms with Gasteiger partial charge in [0, 0.05) is 0 Å². The van der Waals surface area contributed by atoms with E-state index in [1.807, 2.05) is 0 Å². The lowest BCUT2D eigenvalue weighted by Gasteiger charge is -2.05. The molecule has 0 heterocycles. The molecule has 0 spiro atoms. The van der Waals surface area contributed by atoms with Crippen LogP contribution in [0, 0.1) is 0 Å². The molecule has 348 valence electrons. The first-order valence-corrected chi connectivity index (χ1v) is 29.0. The zero-order valence-electron chi connectivity index (χ0n) is 41.0. The minimum atomic E-state index is 1.50. The maximum Gasteiger partial charge on any atom is -0.0533 e. The van der Waals surface area contributed by atoms with E-state index in [0.29, 0.717) is 0 Å². The summed E-state index contributed by atoms with van der Waals surface area (Å²) < 4.78 is 0. The monoisotopic (exact) mass is 813 g/mol. The van der Waals surface area contributed by atoms with Gasteiger partial charge in [-0.1, -0.05) is 372 Å². The fourth-order valence-corrected chi connectivity index (χ4v) is 9.34. The van der Waals surface area contributed by atoms with Crippen LogP contribution in [0.4, 0.5) is 0 Å².